The average molecular weight is 364 g/mol. The van der Waals surface area contributed by atoms with Crippen molar-refractivity contribution in [2.45, 2.75) is 23.5 Å². The van der Waals surface area contributed by atoms with E-state index in [1.54, 1.807) is 0 Å². The number of ether oxygens (including phenoxy) is 2. The summed E-state index contributed by atoms with van der Waals surface area (Å²) in [5.41, 5.74) is 0. The number of nitrogens with two attached hydrogens (primary N) is 1. The number of carbonyl (C=O) groups is 2. The van der Waals surface area contributed by atoms with Gasteiger partial charge in [-0.2, -0.15) is 0 Å². The highest BCUT2D eigenvalue weighted by Crippen LogP contribution is 2.21. The Morgan fingerprint density at radius 2 is 2.26 bits per heavy atom. The van der Waals surface area contributed by atoms with Crippen LogP contribution in [-0.4, -0.2) is 57.4 Å². The van der Waals surface area contributed by atoms with E-state index in [0.29, 0.717) is 13.0 Å². The molecule has 0 aliphatic carbocycles. The van der Waals surface area contributed by atoms with Crippen molar-refractivity contribution in [1.29, 1.82) is 0 Å². The van der Waals surface area contributed by atoms with Crippen LogP contribution in [0.15, 0.2) is 16.3 Å². The van der Waals surface area contributed by atoms with Crippen LogP contribution in [0.2, 0.25) is 0 Å². The summed E-state index contributed by atoms with van der Waals surface area (Å²) in [7, 11) is -4.00. The second-order valence-corrected chi connectivity index (χ2v) is 7.29. The smallest absolute Gasteiger partial charge is 0.329 e. The Hall–Kier alpha value is -1.53. The summed E-state index contributed by atoms with van der Waals surface area (Å²) in [4.78, 5) is 22.6. The van der Waals surface area contributed by atoms with Gasteiger partial charge in [0.1, 0.15) is 22.5 Å². The number of rotatable bonds is 6. The van der Waals surface area contributed by atoms with E-state index in [1.165, 1.54) is 11.4 Å². The first-order valence-electron chi connectivity index (χ1n) is 6.61. The molecule has 0 saturated carbocycles. The molecule has 1 amide bonds. The third-order valence-corrected chi connectivity index (χ3v) is 5.18. The zero-order chi connectivity index (χ0) is 17.0. The fraction of sp³-hybridized carbons (Fsp3) is 0.500. The molecular weight excluding hydrogens is 348 g/mol. The Morgan fingerprint density at radius 1 is 1.52 bits per heavy atom. The monoisotopic (exact) mass is 364 g/mol. The maximum absolute atomic E-state index is 12.3. The van der Waals surface area contributed by atoms with E-state index in [1.807, 2.05) is 0 Å². The SMILES string of the molecule is NS(=O)(=O)c1ccsc1C(=O)N[C@@H]1CCOC[C@H]1OCC(=O)O. The lowest BCUT2D eigenvalue weighted by Gasteiger charge is -2.31. The number of sulfonamides is 1. The zero-order valence-electron chi connectivity index (χ0n) is 11.9. The molecule has 1 fully saturated rings. The van der Waals surface area contributed by atoms with Gasteiger partial charge >= 0.3 is 5.97 Å². The number of hydrogen-bond donors (Lipinski definition) is 3. The van der Waals surface area contributed by atoms with Crippen LogP contribution < -0.4 is 10.5 Å². The summed E-state index contributed by atoms with van der Waals surface area (Å²) in [6.45, 7) is 0.0108. The van der Waals surface area contributed by atoms with Gasteiger partial charge in [0, 0.05) is 6.61 Å². The molecule has 0 unspecified atom stereocenters. The Bertz CT molecular complexity index is 685. The van der Waals surface area contributed by atoms with Gasteiger partial charge in [0.25, 0.3) is 5.91 Å². The molecule has 1 saturated heterocycles. The van der Waals surface area contributed by atoms with Crippen molar-refractivity contribution in [3.05, 3.63) is 16.3 Å². The second-order valence-electron chi connectivity index (χ2n) is 4.85. The molecule has 23 heavy (non-hydrogen) atoms. The van der Waals surface area contributed by atoms with E-state index in [9.17, 15) is 18.0 Å². The van der Waals surface area contributed by atoms with Gasteiger partial charge in [-0.3, -0.25) is 4.79 Å². The Morgan fingerprint density at radius 3 is 2.91 bits per heavy atom. The molecule has 2 heterocycles. The molecule has 0 bridgehead atoms. The van der Waals surface area contributed by atoms with Crippen LogP contribution in [0.25, 0.3) is 0 Å². The van der Waals surface area contributed by atoms with Crippen molar-refractivity contribution in [3.8, 4) is 0 Å². The molecule has 0 aromatic carbocycles. The maximum Gasteiger partial charge on any atom is 0.329 e. The van der Waals surface area contributed by atoms with Gasteiger partial charge in [-0.05, 0) is 17.9 Å². The minimum absolute atomic E-state index is 0.0176. The average Bonchev–Trinajstić information content (AvgIpc) is 2.96. The van der Waals surface area contributed by atoms with Crippen LogP contribution in [0.1, 0.15) is 16.1 Å². The predicted octanol–water partition coefficient (Wildman–Crippen LogP) is -0.616. The lowest BCUT2D eigenvalue weighted by Crippen LogP contribution is -2.50. The molecule has 4 N–H and O–H groups in total. The van der Waals surface area contributed by atoms with Gasteiger partial charge < -0.3 is 19.9 Å². The molecule has 2 atom stereocenters. The van der Waals surface area contributed by atoms with Gasteiger partial charge in [0.15, 0.2) is 0 Å². The molecule has 1 aromatic heterocycles. The third-order valence-electron chi connectivity index (χ3n) is 3.18. The van der Waals surface area contributed by atoms with Gasteiger partial charge in [-0.1, -0.05) is 0 Å². The van der Waals surface area contributed by atoms with Crippen LogP contribution in [0.5, 0.6) is 0 Å². The van der Waals surface area contributed by atoms with Crippen molar-refractivity contribution < 1.29 is 32.6 Å². The summed E-state index contributed by atoms with van der Waals surface area (Å²) in [5, 5.41) is 17.8. The Kier molecular flexibility index (Phi) is 5.70. The second kappa shape index (κ2) is 7.36. The van der Waals surface area contributed by atoms with Gasteiger partial charge in [0.2, 0.25) is 10.0 Å². The predicted molar refractivity (Wildman–Crippen MR) is 79.8 cm³/mol. The summed E-state index contributed by atoms with van der Waals surface area (Å²) >= 11 is 0.955. The number of amides is 1. The fourth-order valence-electron chi connectivity index (χ4n) is 2.14. The number of thiophene rings is 1. The molecule has 9 nitrogen and oxygen atoms in total. The summed E-state index contributed by atoms with van der Waals surface area (Å²) in [6, 6.07) is 0.781. The quantitative estimate of drug-likeness (QED) is 0.610. The first kappa shape index (κ1) is 17.8. The lowest BCUT2D eigenvalue weighted by molar-refractivity contribution is -0.148. The van der Waals surface area contributed by atoms with Crippen LogP contribution in [-0.2, 0) is 24.3 Å². The van der Waals surface area contributed by atoms with Gasteiger partial charge in [0.05, 0.1) is 12.6 Å². The molecule has 11 heteroatoms. The molecule has 1 aromatic rings. The van der Waals surface area contributed by atoms with E-state index in [0.717, 1.165) is 11.3 Å². The lowest BCUT2D eigenvalue weighted by atomic mass is 10.1. The summed E-state index contributed by atoms with van der Waals surface area (Å²) in [5.74, 6) is -1.73. The topological polar surface area (TPSA) is 145 Å². The van der Waals surface area contributed by atoms with E-state index < -0.39 is 40.7 Å². The number of primary sulfonamides is 1. The number of hydrogen-bond acceptors (Lipinski definition) is 7. The van der Waals surface area contributed by atoms with Crippen LogP contribution in [0, 0.1) is 0 Å². The number of carboxylic acids is 1. The molecule has 1 aliphatic rings. The zero-order valence-corrected chi connectivity index (χ0v) is 13.6. The van der Waals surface area contributed by atoms with Crippen molar-refractivity contribution in [2.24, 2.45) is 5.14 Å². The highest BCUT2D eigenvalue weighted by Gasteiger charge is 2.30. The minimum Gasteiger partial charge on any atom is -0.480 e. The number of aliphatic carboxylic acids is 1. The molecule has 1 aliphatic heterocycles. The maximum atomic E-state index is 12.3. The van der Waals surface area contributed by atoms with Crippen LogP contribution >= 0.6 is 11.3 Å². The Labute approximate surface area is 136 Å². The molecule has 0 spiro atoms. The van der Waals surface area contributed by atoms with Gasteiger partial charge in [-0.25, -0.2) is 18.4 Å². The van der Waals surface area contributed by atoms with Gasteiger partial charge in [-0.15, -0.1) is 11.3 Å². The molecule has 2 rings (SSSR count). The normalized spacial score (nSPS) is 21.8. The first-order valence-corrected chi connectivity index (χ1v) is 9.04. The van der Waals surface area contributed by atoms with Crippen molar-refractivity contribution >= 4 is 33.2 Å². The van der Waals surface area contributed by atoms with Crippen LogP contribution in [0.3, 0.4) is 0 Å². The van der Waals surface area contributed by atoms with E-state index in [2.05, 4.69) is 5.32 Å². The summed E-state index contributed by atoms with van der Waals surface area (Å²) in [6.07, 6.45) is -0.201. The van der Waals surface area contributed by atoms with Crippen molar-refractivity contribution in [3.63, 3.8) is 0 Å². The fourth-order valence-corrected chi connectivity index (χ4v) is 4.02. The van der Waals surface area contributed by atoms with Crippen molar-refractivity contribution in [1.82, 2.24) is 5.32 Å². The summed E-state index contributed by atoms with van der Waals surface area (Å²) < 4.78 is 33.3. The number of carbonyl (C=O) groups excluding carboxylic acids is 1. The standard InChI is InChI=1S/C12H16N2O7S2/c13-23(18,19)9-2-4-22-11(9)12(17)14-7-1-3-20-5-8(7)21-6-10(15)16/h2,4,7-8H,1,3,5-6H2,(H,14,17)(H,15,16)(H2,13,18,19)/t7-,8-/m1/s1. The largest absolute Gasteiger partial charge is 0.480 e. The highest BCUT2D eigenvalue weighted by molar-refractivity contribution is 7.89. The molecule has 128 valence electrons. The molecular formula is C12H16N2O7S2. The minimum atomic E-state index is -4.00. The van der Waals surface area contributed by atoms with Crippen molar-refractivity contribution in [2.75, 3.05) is 19.8 Å². The Balaban J connectivity index is 2.08. The molecule has 0 radical (unpaired) electrons. The van der Waals surface area contributed by atoms with Crippen LogP contribution in [0.4, 0.5) is 0 Å². The first-order chi connectivity index (χ1) is 10.8. The van der Waals surface area contributed by atoms with E-state index in [4.69, 9.17) is 19.7 Å². The number of nitrogens with one attached hydrogen (secondary N) is 1. The van der Waals surface area contributed by atoms with E-state index in [-0.39, 0.29) is 16.4 Å². The highest BCUT2D eigenvalue weighted by atomic mass is 32.2. The third kappa shape index (κ3) is 4.72. The van der Waals surface area contributed by atoms with E-state index >= 15 is 0 Å². The number of carboxylic acid groups (broad SMARTS) is 1.